The van der Waals surface area contributed by atoms with E-state index in [4.69, 9.17) is 9.47 Å². The zero-order valence-corrected chi connectivity index (χ0v) is 18.6. The lowest BCUT2D eigenvalue weighted by atomic mass is 10.0. The molecule has 0 bridgehead atoms. The smallest absolute Gasteiger partial charge is 0.191 e. The molecule has 3 rings (SSSR count). The Balaban J connectivity index is 1.31. The first-order valence-corrected chi connectivity index (χ1v) is 11.2. The lowest BCUT2D eigenvalue weighted by Crippen LogP contribution is -2.44. The molecule has 0 unspecified atom stereocenters. The number of hydrogen-bond donors (Lipinski definition) is 2. The van der Waals surface area contributed by atoms with Crippen molar-refractivity contribution in [1.82, 2.24) is 20.5 Å². The lowest BCUT2D eigenvalue weighted by molar-refractivity contribution is 0.0203. The maximum atomic E-state index is 5.82. The molecule has 168 valence electrons. The first-order chi connectivity index (χ1) is 14.7. The predicted octanol–water partition coefficient (Wildman–Crippen LogP) is 1.33. The zero-order chi connectivity index (χ0) is 21.0. The Morgan fingerprint density at radius 1 is 1.23 bits per heavy atom. The summed E-state index contributed by atoms with van der Waals surface area (Å²) in [5.41, 5.74) is 1.21. The van der Waals surface area contributed by atoms with Crippen LogP contribution in [0.25, 0.3) is 0 Å². The van der Waals surface area contributed by atoms with Crippen LogP contribution in [0, 0.1) is 5.92 Å². The van der Waals surface area contributed by atoms with Crippen LogP contribution < -0.4 is 15.5 Å². The van der Waals surface area contributed by atoms with Gasteiger partial charge >= 0.3 is 0 Å². The number of likely N-dealkylation sites (N-methyl/N-ethyl adjacent to an activating group) is 1. The summed E-state index contributed by atoms with van der Waals surface area (Å²) in [5, 5.41) is 6.76. The number of nitrogens with zero attached hydrogens (tertiary/aromatic N) is 4. The van der Waals surface area contributed by atoms with Gasteiger partial charge in [0.2, 0.25) is 0 Å². The number of ether oxygens (including phenoxy) is 2. The predicted molar refractivity (Wildman–Crippen MR) is 121 cm³/mol. The second-order valence-electron chi connectivity index (χ2n) is 8.15. The number of piperazine rings is 1. The van der Waals surface area contributed by atoms with Crippen molar-refractivity contribution >= 4 is 11.8 Å². The molecule has 2 N–H and O–H groups in total. The fourth-order valence-corrected chi connectivity index (χ4v) is 3.73. The van der Waals surface area contributed by atoms with E-state index in [1.54, 1.807) is 7.05 Å². The molecule has 30 heavy (non-hydrogen) atoms. The van der Waals surface area contributed by atoms with Gasteiger partial charge in [-0.15, -0.1) is 0 Å². The minimum atomic E-state index is 0.664. The SMILES string of the molecule is CN=C(NCCCOCC1CCOCC1)NCc1ccnc(N2CCN(C)CC2)c1. The minimum absolute atomic E-state index is 0.664. The number of guanidine groups is 1. The van der Waals surface area contributed by atoms with E-state index < -0.39 is 0 Å². The molecular weight excluding hydrogens is 380 g/mol. The number of aromatic nitrogens is 1. The Morgan fingerprint density at radius 3 is 2.80 bits per heavy atom. The largest absolute Gasteiger partial charge is 0.381 e. The molecule has 0 aliphatic carbocycles. The Bertz CT molecular complexity index is 642. The van der Waals surface area contributed by atoms with E-state index in [1.807, 2.05) is 6.20 Å². The van der Waals surface area contributed by atoms with Crippen LogP contribution in [0.3, 0.4) is 0 Å². The van der Waals surface area contributed by atoms with Crippen molar-refractivity contribution in [1.29, 1.82) is 0 Å². The Hall–Kier alpha value is -1.90. The normalized spacial score (nSPS) is 19.1. The molecule has 0 radical (unpaired) electrons. The summed E-state index contributed by atoms with van der Waals surface area (Å²) in [7, 11) is 3.97. The Labute approximate surface area is 181 Å². The standard InChI is InChI=1S/C22H38N6O2/c1-23-22(25-7-3-13-30-18-19-5-14-29-15-6-19)26-17-20-4-8-24-21(16-20)28-11-9-27(2)10-12-28/h4,8,16,19H,3,5-7,9-15,17-18H2,1-2H3,(H2,23,25,26). The van der Waals surface area contributed by atoms with E-state index >= 15 is 0 Å². The van der Waals surface area contributed by atoms with Gasteiger partial charge < -0.3 is 29.9 Å². The van der Waals surface area contributed by atoms with Crippen LogP contribution in [0.5, 0.6) is 0 Å². The van der Waals surface area contributed by atoms with Gasteiger partial charge in [-0.25, -0.2) is 4.98 Å². The molecular formula is C22H38N6O2. The molecule has 1 aromatic rings. The van der Waals surface area contributed by atoms with Crippen molar-refractivity contribution in [2.75, 3.05) is 78.1 Å². The molecule has 0 spiro atoms. The maximum Gasteiger partial charge on any atom is 0.191 e. The zero-order valence-electron chi connectivity index (χ0n) is 18.6. The topological polar surface area (TPSA) is 74.2 Å². The first kappa shape index (κ1) is 22.8. The van der Waals surface area contributed by atoms with Crippen molar-refractivity contribution < 1.29 is 9.47 Å². The van der Waals surface area contributed by atoms with Crippen LogP contribution in [-0.4, -0.2) is 89.1 Å². The minimum Gasteiger partial charge on any atom is -0.381 e. The van der Waals surface area contributed by atoms with Crippen LogP contribution >= 0.6 is 0 Å². The van der Waals surface area contributed by atoms with E-state index in [-0.39, 0.29) is 0 Å². The highest BCUT2D eigenvalue weighted by Crippen LogP contribution is 2.15. The van der Waals surface area contributed by atoms with E-state index in [9.17, 15) is 0 Å². The molecule has 0 atom stereocenters. The maximum absolute atomic E-state index is 5.82. The third-order valence-corrected chi connectivity index (χ3v) is 5.77. The second-order valence-corrected chi connectivity index (χ2v) is 8.15. The molecule has 8 nitrogen and oxygen atoms in total. The summed E-state index contributed by atoms with van der Waals surface area (Å²) in [6.07, 6.45) is 5.12. The molecule has 2 aliphatic rings. The number of rotatable bonds is 9. The van der Waals surface area contributed by atoms with Gasteiger partial charge in [0.05, 0.1) is 0 Å². The monoisotopic (exact) mass is 418 g/mol. The van der Waals surface area contributed by atoms with E-state index in [0.717, 1.165) is 96.7 Å². The van der Waals surface area contributed by atoms with Crippen molar-refractivity contribution in [3.8, 4) is 0 Å². The first-order valence-electron chi connectivity index (χ1n) is 11.2. The number of aliphatic imine (C=N–C) groups is 1. The lowest BCUT2D eigenvalue weighted by Gasteiger charge is -2.33. The summed E-state index contributed by atoms with van der Waals surface area (Å²) in [4.78, 5) is 13.6. The fraction of sp³-hybridized carbons (Fsp3) is 0.727. The Morgan fingerprint density at radius 2 is 2.03 bits per heavy atom. The molecule has 0 amide bonds. The number of anilines is 1. The van der Waals surface area contributed by atoms with Crippen molar-refractivity contribution in [3.63, 3.8) is 0 Å². The highest BCUT2D eigenvalue weighted by Gasteiger charge is 2.15. The second kappa shape index (κ2) is 12.7. The van der Waals surface area contributed by atoms with Crippen LogP contribution in [0.15, 0.2) is 23.3 Å². The van der Waals surface area contributed by atoms with Gasteiger partial charge in [-0.05, 0) is 49.9 Å². The van der Waals surface area contributed by atoms with Gasteiger partial charge in [-0.1, -0.05) is 0 Å². The third-order valence-electron chi connectivity index (χ3n) is 5.77. The number of nitrogens with one attached hydrogen (secondary N) is 2. The van der Waals surface area contributed by atoms with Gasteiger partial charge in [0.1, 0.15) is 5.82 Å². The molecule has 2 fully saturated rings. The molecule has 8 heteroatoms. The fourth-order valence-electron chi connectivity index (χ4n) is 3.73. The summed E-state index contributed by atoms with van der Waals surface area (Å²) in [6.45, 7) is 9.19. The highest BCUT2D eigenvalue weighted by atomic mass is 16.5. The molecule has 0 aromatic carbocycles. The quantitative estimate of drug-likeness (QED) is 0.356. The van der Waals surface area contributed by atoms with E-state index in [2.05, 4.69) is 49.6 Å². The molecule has 3 heterocycles. The molecule has 1 aromatic heterocycles. The third kappa shape index (κ3) is 7.74. The summed E-state index contributed by atoms with van der Waals surface area (Å²) < 4.78 is 11.2. The Kier molecular flexibility index (Phi) is 9.66. The van der Waals surface area contributed by atoms with Crippen LogP contribution in [0.1, 0.15) is 24.8 Å². The van der Waals surface area contributed by atoms with Crippen LogP contribution in [-0.2, 0) is 16.0 Å². The number of hydrogen-bond acceptors (Lipinski definition) is 6. The number of pyridine rings is 1. The van der Waals surface area contributed by atoms with E-state index in [1.165, 1.54) is 5.56 Å². The van der Waals surface area contributed by atoms with Crippen molar-refractivity contribution in [2.24, 2.45) is 10.9 Å². The molecule has 2 saturated heterocycles. The molecule has 2 aliphatic heterocycles. The van der Waals surface area contributed by atoms with Gasteiger partial charge in [0, 0.05) is 78.9 Å². The highest BCUT2D eigenvalue weighted by molar-refractivity contribution is 5.79. The van der Waals surface area contributed by atoms with Gasteiger partial charge in [0.25, 0.3) is 0 Å². The van der Waals surface area contributed by atoms with Crippen LogP contribution in [0.4, 0.5) is 5.82 Å². The van der Waals surface area contributed by atoms with Gasteiger partial charge in [-0.2, -0.15) is 0 Å². The average Bonchev–Trinajstić information content (AvgIpc) is 2.79. The average molecular weight is 419 g/mol. The van der Waals surface area contributed by atoms with Crippen molar-refractivity contribution in [2.45, 2.75) is 25.8 Å². The van der Waals surface area contributed by atoms with Crippen LogP contribution in [0.2, 0.25) is 0 Å². The van der Waals surface area contributed by atoms with Crippen molar-refractivity contribution in [3.05, 3.63) is 23.9 Å². The van der Waals surface area contributed by atoms with E-state index in [0.29, 0.717) is 5.92 Å². The molecule has 0 saturated carbocycles. The van der Waals surface area contributed by atoms with Gasteiger partial charge in [-0.3, -0.25) is 4.99 Å². The van der Waals surface area contributed by atoms with Gasteiger partial charge in [0.15, 0.2) is 5.96 Å². The summed E-state index contributed by atoms with van der Waals surface area (Å²) in [6, 6.07) is 4.24. The summed E-state index contributed by atoms with van der Waals surface area (Å²) in [5.74, 6) is 2.54. The summed E-state index contributed by atoms with van der Waals surface area (Å²) >= 11 is 0.